The fraction of sp³-hybridized carbons (Fsp3) is 0.875. The van der Waals surface area contributed by atoms with E-state index in [0.717, 1.165) is 0 Å². The minimum Gasteiger partial charge on any atom is -0.468 e. The van der Waals surface area contributed by atoms with E-state index >= 15 is 0 Å². The van der Waals surface area contributed by atoms with Gasteiger partial charge in [0, 0.05) is 5.92 Å². The molecule has 1 aliphatic rings. The number of ether oxygens (including phenoxy) is 3. The molecule has 2 atom stereocenters. The Bertz CT molecular complexity index is 179. The molecule has 0 radical (unpaired) electrons. The van der Waals surface area contributed by atoms with Crippen LogP contribution in [0.2, 0.25) is 0 Å². The standard InChI is InChI=1S/C8H15NO4/c1-5(6(9)7(10)11-2)8-12-3-4-13-8/h5-6,8H,3-4,9H2,1-2H3/t5?,6-/m0/s1. The zero-order chi connectivity index (χ0) is 9.84. The summed E-state index contributed by atoms with van der Waals surface area (Å²) < 4.78 is 15.0. The molecule has 0 aromatic carbocycles. The van der Waals surface area contributed by atoms with Crippen LogP contribution in [0, 0.1) is 5.92 Å². The predicted molar refractivity (Wildman–Crippen MR) is 44.8 cm³/mol. The third-order valence-corrected chi connectivity index (χ3v) is 2.12. The van der Waals surface area contributed by atoms with Gasteiger partial charge in [-0.3, -0.25) is 4.79 Å². The largest absolute Gasteiger partial charge is 0.468 e. The Balaban J connectivity index is 2.45. The van der Waals surface area contributed by atoms with E-state index in [4.69, 9.17) is 15.2 Å². The number of rotatable bonds is 3. The van der Waals surface area contributed by atoms with Crippen molar-refractivity contribution in [2.45, 2.75) is 19.3 Å². The van der Waals surface area contributed by atoms with Crippen molar-refractivity contribution in [3.63, 3.8) is 0 Å². The fourth-order valence-corrected chi connectivity index (χ4v) is 1.20. The SMILES string of the molecule is COC(=O)[C@@H](N)C(C)C1OCCO1. The van der Waals surface area contributed by atoms with Gasteiger partial charge in [-0.2, -0.15) is 0 Å². The molecule has 0 aromatic heterocycles. The van der Waals surface area contributed by atoms with E-state index in [-0.39, 0.29) is 12.2 Å². The van der Waals surface area contributed by atoms with Gasteiger partial charge in [0.05, 0.1) is 20.3 Å². The molecule has 5 heteroatoms. The van der Waals surface area contributed by atoms with E-state index in [9.17, 15) is 4.79 Å². The average Bonchev–Trinajstić information content (AvgIpc) is 2.67. The van der Waals surface area contributed by atoms with Crippen molar-refractivity contribution >= 4 is 5.97 Å². The number of esters is 1. The molecule has 1 saturated heterocycles. The van der Waals surface area contributed by atoms with Gasteiger partial charge in [-0.15, -0.1) is 0 Å². The van der Waals surface area contributed by atoms with E-state index in [1.54, 1.807) is 6.92 Å². The highest BCUT2D eigenvalue weighted by Gasteiger charge is 2.32. The van der Waals surface area contributed by atoms with E-state index in [1.165, 1.54) is 7.11 Å². The first-order valence-electron chi connectivity index (χ1n) is 4.23. The fourth-order valence-electron chi connectivity index (χ4n) is 1.20. The highest BCUT2D eigenvalue weighted by Crippen LogP contribution is 2.17. The van der Waals surface area contributed by atoms with Crippen LogP contribution in [0.25, 0.3) is 0 Å². The number of hydrogen-bond acceptors (Lipinski definition) is 5. The van der Waals surface area contributed by atoms with Crippen LogP contribution < -0.4 is 5.73 Å². The summed E-state index contributed by atoms with van der Waals surface area (Å²) in [7, 11) is 1.31. The molecule has 1 fully saturated rings. The van der Waals surface area contributed by atoms with Gasteiger partial charge in [0.15, 0.2) is 6.29 Å². The molecule has 1 aliphatic heterocycles. The van der Waals surface area contributed by atoms with Crippen molar-refractivity contribution in [3.05, 3.63) is 0 Å². The van der Waals surface area contributed by atoms with Gasteiger partial charge in [-0.25, -0.2) is 0 Å². The number of carbonyl (C=O) groups is 1. The minimum absolute atomic E-state index is 0.185. The summed E-state index contributed by atoms with van der Waals surface area (Å²) >= 11 is 0. The number of hydrogen-bond donors (Lipinski definition) is 1. The molecule has 2 N–H and O–H groups in total. The summed E-state index contributed by atoms with van der Waals surface area (Å²) in [4.78, 5) is 11.1. The van der Waals surface area contributed by atoms with Crippen molar-refractivity contribution < 1.29 is 19.0 Å². The molecule has 0 saturated carbocycles. The Morgan fingerprint density at radius 1 is 1.54 bits per heavy atom. The van der Waals surface area contributed by atoms with Crippen LogP contribution >= 0.6 is 0 Å². The maximum Gasteiger partial charge on any atom is 0.323 e. The minimum atomic E-state index is -0.687. The topological polar surface area (TPSA) is 70.8 Å². The summed E-state index contributed by atoms with van der Waals surface area (Å²) in [6, 6.07) is -0.687. The molecule has 1 unspecified atom stereocenters. The van der Waals surface area contributed by atoms with Crippen molar-refractivity contribution in [2.75, 3.05) is 20.3 Å². The van der Waals surface area contributed by atoms with Crippen LogP contribution in [-0.2, 0) is 19.0 Å². The monoisotopic (exact) mass is 189 g/mol. The summed E-state index contributed by atoms with van der Waals surface area (Å²) in [6.07, 6.45) is -0.380. The molecule has 0 spiro atoms. The van der Waals surface area contributed by atoms with Crippen LogP contribution in [0.5, 0.6) is 0 Å². The maximum atomic E-state index is 11.1. The number of nitrogens with two attached hydrogens (primary N) is 1. The predicted octanol–water partition coefficient (Wildman–Crippen LogP) is -0.504. The highest BCUT2D eigenvalue weighted by molar-refractivity contribution is 5.75. The van der Waals surface area contributed by atoms with Gasteiger partial charge >= 0.3 is 5.97 Å². The molecular weight excluding hydrogens is 174 g/mol. The molecule has 1 heterocycles. The molecule has 13 heavy (non-hydrogen) atoms. The molecule has 0 bridgehead atoms. The van der Waals surface area contributed by atoms with E-state index < -0.39 is 12.0 Å². The quantitative estimate of drug-likeness (QED) is 0.606. The second kappa shape index (κ2) is 4.55. The van der Waals surface area contributed by atoms with Gasteiger partial charge in [0.2, 0.25) is 0 Å². The summed E-state index contributed by atoms with van der Waals surface area (Å²) in [5.41, 5.74) is 5.62. The number of carbonyl (C=O) groups excluding carboxylic acids is 1. The molecule has 76 valence electrons. The molecule has 0 amide bonds. The van der Waals surface area contributed by atoms with E-state index in [1.807, 2.05) is 0 Å². The van der Waals surface area contributed by atoms with Gasteiger partial charge in [0.1, 0.15) is 6.04 Å². The Labute approximate surface area is 77.1 Å². The van der Waals surface area contributed by atoms with Crippen molar-refractivity contribution in [3.8, 4) is 0 Å². The lowest BCUT2D eigenvalue weighted by Crippen LogP contribution is -2.43. The van der Waals surface area contributed by atoms with Crippen molar-refractivity contribution in [1.82, 2.24) is 0 Å². The van der Waals surface area contributed by atoms with Crippen LogP contribution in [0.3, 0.4) is 0 Å². The number of methoxy groups -OCH3 is 1. The van der Waals surface area contributed by atoms with Crippen LogP contribution in [0.4, 0.5) is 0 Å². The van der Waals surface area contributed by atoms with Crippen LogP contribution in [0.15, 0.2) is 0 Å². The molecule has 1 rings (SSSR count). The zero-order valence-corrected chi connectivity index (χ0v) is 7.86. The molecule has 5 nitrogen and oxygen atoms in total. The summed E-state index contributed by atoms with van der Waals surface area (Å²) in [6.45, 7) is 2.92. The second-order valence-corrected chi connectivity index (χ2v) is 3.02. The highest BCUT2D eigenvalue weighted by atomic mass is 16.7. The van der Waals surface area contributed by atoms with Crippen LogP contribution in [0.1, 0.15) is 6.92 Å². The molecular formula is C8H15NO4. The zero-order valence-electron chi connectivity index (χ0n) is 7.86. The second-order valence-electron chi connectivity index (χ2n) is 3.02. The Hall–Kier alpha value is -0.650. The third-order valence-electron chi connectivity index (χ3n) is 2.12. The smallest absolute Gasteiger partial charge is 0.323 e. The average molecular weight is 189 g/mol. The van der Waals surface area contributed by atoms with Crippen LogP contribution in [-0.4, -0.2) is 38.6 Å². The van der Waals surface area contributed by atoms with Gasteiger partial charge in [0.25, 0.3) is 0 Å². The Kier molecular flexibility index (Phi) is 3.65. The third kappa shape index (κ3) is 2.40. The molecule has 0 aliphatic carbocycles. The first-order chi connectivity index (χ1) is 6.16. The lowest BCUT2D eigenvalue weighted by atomic mass is 10.0. The lowest BCUT2D eigenvalue weighted by molar-refractivity contribution is -0.149. The van der Waals surface area contributed by atoms with Gasteiger partial charge < -0.3 is 19.9 Å². The van der Waals surface area contributed by atoms with Gasteiger partial charge in [-0.1, -0.05) is 6.92 Å². The first-order valence-corrected chi connectivity index (χ1v) is 4.23. The molecule has 0 aromatic rings. The normalized spacial score (nSPS) is 22.7. The summed E-state index contributed by atoms with van der Waals surface area (Å²) in [5.74, 6) is -0.624. The van der Waals surface area contributed by atoms with E-state index in [2.05, 4.69) is 4.74 Å². The van der Waals surface area contributed by atoms with Gasteiger partial charge in [-0.05, 0) is 0 Å². The first kappa shape index (κ1) is 10.4. The van der Waals surface area contributed by atoms with Crippen molar-refractivity contribution in [2.24, 2.45) is 11.7 Å². The summed E-state index contributed by atoms with van der Waals surface area (Å²) in [5, 5.41) is 0. The lowest BCUT2D eigenvalue weighted by Gasteiger charge is -2.21. The Morgan fingerprint density at radius 3 is 2.54 bits per heavy atom. The van der Waals surface area contributed by atoms with E-state index in [0.29, 0.717) is 13.2 Å². The Morgan fingerprint density at radius 2 is 2.08 bits per heavy atom. The maximum absolute atomic E-state index is 11.1. The van der Waals surface area contributed by atoms with Crippen molar-refractivity contribution in [1.29, 1.82) is 0 Å².